The van der Waals surface area contributed by atoms with E-state index in [9.17, 15) is 31.1 Å². The van der Waals surface area contributed by atoms with E-state index in [2.05, 4.69) is 9.72 Å². The van der Waals surface area contributed by atoms with Crippen LogP contribution in [0.2, 0.25) is 0 Å². The summed E-state index contributed by atoms with van der Waals surface area (Å²) >= 11 is 0.703. The topological polar surface area (TPSA) is 77.2 Å². The van der Waals surface area contributed by atoms with E-state index in [0.29, 0.717) is 11.3 Å². The van der Waals surface area contributed by atoms with E-state index in [1.54, 1.807) is 5.43 Å². The Bertz CT molecular complexity index is 458. The number of halogens is 6. The molecule has 0 aromatic carbocycles. The Kier molecular flexibility index (Phi) is 4.94. The average Bonchev–Trinajstić information content (AvgIpc) is 2.73. The zero-order valence-corrected chi connectivity index (χ0v) is 10.2. The van der Waals surface area contributed by atoms with Crippen molar-refractivity contribution in [3.63, 3.8) is 0 Å². The van der Waals surface area contributed by atoms with Crippen LogP contribution < -0.4 is 11.3 Å². The second-order valence-corrected chi connectivity index (χ2v) is 4.25. The lowest BCUT2D eigenvalue weighted by atomic mass is 10.3. The van der Waals surface area contributed by atoms with E-state index < -0.39 is 31.0 Å². The van der Waals surface area contributed by atoms with Crippen LogP contribution in [0.4, 0.5) is 26.3 Å². The number of carbonyl (C=O) groups excluding carboxylic acids is 1. The van der Waals surface area contributed by atoms with Gasteiger partial charge in [0.15, 0.2) is 5.01 Å². The van der Waals surface area contributed by atoms with Gasteiger partial charge >= 0.3 is 12.4 Å². The number of rotatable bonds is 4. The molecule has 114 valence electrons. The number of nitrogens with two attached hydrogens (primary N) is 1. The van der Waals surface area contributed by atoms with E-state index >= 15 is 0 Å². The Morgan fingerprint density at radius 1 is 1.35 bits per heavy atom. The van der Waals surface area contributed by atoms with Gasteiger partial charge < -0.3 is 4.74 Å². The Morgan fingerprint density at radius 2 is 1.90 bits per heavy atom. The highest BCUT2D eigenvalue weighted by atomic mass is 32.1. The van der Waals surface area contributed by atoms with Gasteiger partial charge in [-0.2, -0.15) is 26.3 Å². The average molecular weight is 323 g/mol. The molecule has 0 saturated heterocycles. The Hall–Kier alpha value is -1.40. The number of nitrogen functional groups attached to an aromatic ring is 1. The van der Waals surface area contributed by atoms with Crippen LogP contribution in [0, 0.1) is 0 Å². The van der Waals surface area contributed by atoms with Crippen molar-refractivity contribution >= 4 is 17.2 Å². The highest BCUT2D eigenvalue weighted by Gasteiger charge is 2.58. The van der Waals surface area contributed by atoms with E-state index in [1.165, 1.54) is 0 Å². The minimum absolute atomic E-state index is 0.207. The first kappa shape index (κ1) is 16.7. The molecule has 1 aromatic heterocycles. The lowest BCUT2D eigenvalue weighted by molar-refractivity contribution is -0.324. The van der Waals surface area contributed by atoms with E-state index in [0.717, 1.165) is 5.38 Å². The molecule has 0 aliphatic carbocycles. The quantitative estimate of drug-likeness (QED) is 0.383. The molecule has 12 heteroatoms. The highest BCUT2D eigenvalue weighted by Crippen LogP contribution is 2.36. The van der Waals surface area contributed by atoms with Crippen LogP contribution in [-0.4, -0.2) is 29.3 Å². The van der Waals surface area contributed by atoms with Gasteiger partial charge in [-0.25, -0.2) is 10.8 Å². The Balaban J connectivity index is 2.74. The first-order valence-electron chi connectivity index (χ1n) is 4.76. The summed E-state index contributed by atoms with van der Waals surface area (Å²) in [7, 11) is 0. The van der Waals surface area contributed by atoms with E-state index in [-0.39, 0.29) is 10.7 Å². The van der Waals surface area contributed by atoms with Crippen LogP contribution in [-0.2, 0) is 11.3 Å². The number of ether oxygens (including phenoxy) is 1. The number of aromatic nitrogens is 1. The number of hydrogen-bond donors (Lipinski definition) is 2. The molecule has 0 unspecified atom stereocenters. The second-order valence-electron chi connectivity index (χ2n) is 3.39. The molecular weight excluding hydrogens is 316 g/mol. The van der Waals surface area contributed by atoms with Gasteiger partial charge in [0.2, 0.25) is 6.10 Å². The predicted octanol–water partition coefficient (Wildman–Crippen LogP) is 1.76. The summed E-state index contributed by atoms with van der Waals surface area (Å²) in [5.41, 5.74) is 1.47. The summed E-state index contributed by atoms with van der Waals surface area (Å²) in [6, 6.07) is 0. The van der Waals surface area contributed by atoms with E-state index in [4.69, 9.17) is 5.84 Å². The lowest BCUT2D eigenvalue weighted by Crippen LogP contribution is -2.44. The van der Waals surface area contributed by atoms with Crippen molar-refractivity contribution in [2.24, 2.45) is 5.84 Å². The number of hydrazine groups is 1. The molecule has 0 spiro atoms. The third-order valence-electron chi connectivity index (χ3n) is 1.87. The van der Waals surface area contributed by atoms with Crippen LogP contribution in [0.5, 0.6) is 0 Å². The van der Waals surface area contributed by atoms with Gasteiger partial charge in [0.25, 0.3) is 5.91 Å². The molecule has 0 aliphatic rings. The van der Waals surface area contributed by atoms with Crippen LogP contribution in [0.1, 0.15) is 15.5 Å². The van der Waals surface area contributed by atoms with Gasteiger partial charge in [0.05, 0.1) is 12.3 Å². The lowest BCUT2D eigenvalue weighted by Gasteiger charge is -2.22. The van der Waals surface area contributed by atoms with Crippen molar-refractivity contribution in [3.05, 3.63) is 16.1 Å². The fourth-order valence-electron chi connectivity index (χ4n) is 1.08. The normalized spacial score (nSPS) is 12.8. The smallest absolute Gasteiger partial charge is 0.354 e. The number of thiazole rings is 1. The van der Waals surface area contributed by atoms with Crippen LogP contribution >= 0.6 is 11.3 Å². The molecule has 0 radical (unpaired) electrons. The largest absolute Gasteiger partial charge is 0.423 e. The molecule has 1 amide bonds. The summed E-state index contributed by atoms with van der Waals surface area (Å²) in [6.07, 6.45) is -15.1. The Labute approximate surface area is 111 Å². The molecule has 1 aromatic rings. The minimum Gasteiger partial charge on any atom is -0.354 e. The van der Waals surface area contributed by atoms with Crippen LogP contribution in [0.25, 0.3) is 0 Å². The van der Waals surface area contributed by atoms with Crippen LogP contribution in [0.15, 0.2) is 5.38 Å². The number of hydrogen-bond acceptors (Lipinski definition) is 5. The van der Waals surface area contributed by atoms with Crippen LogP contribution in [0.3, 0.4) is 0 Å². The minimum atomic E-state index is -5.59. The molecule has 0 aliphatic heterocycles. The van der Waals surface area contributed by atoms with Crippen molar-refractivity contribution in [3.8, 4) is 0 Å². The van der Waals surface area contributed by atoms with Crippen molar-refractivity contribution in [1.29, 1.82) is 0 Å². The molecule has 1 heterocycles. The van der Waals surface area contributed by atoms with Gasteiger partial charge in [-0.15, -0.1) is 11.3 Å². The zero-order valence-electron chi connectivity index (χ0n) is 9.38. The Morgan fingerprint density at radius 3 is 2.35 bits per heavy atom. The molecule has 0 atom stereocenters. The third-order valence-corrected chi connectivity index (χ3v) is 2.76. The fraction of sp³-hybridized carbons (Fsp3) is 0.500. The second kappa shape index (κ2) is 5.93. The monoisotopic (exact) mass is 323 g/mol. The van der Waals surface area contributed by atoms with Crippen molar-refractivity contribution in [1.82, 2.24) is 10.4 Å². The maximum Gasteiger partial charge on any atom is 0.423 e. The predicted molar refractivity (Wildman–Crippen MR) is 54.5 cm³/mol. The summed E-state index contributed by atoms with van der Waals surface area (Å²) in [5.74, 6) is 3.97. The molecule has 0 saturated carbocycles. The highest BCUT2D eigenvalue weighted by molar-refractivity contribution is 7.11. The molecule has 0 fully saturated rings. The maximum atomic E-state index is 12.2. The fourth-order valence-corrected chi connectivity index (χ4v) is 1.79. The van der Waals surface area contributed by atoms with Gasteiger partial charge in [0, 0.05) is 5.38 Å². The summed E-state index contributed by atoms with van der Waals surface area (Å²) in [4.78, 5) is 14.5. The maximum absolute atomic E-state index is 12.2. The van der Waals surface area contributed by atoms with Crippen molar-refractivity contribution < 1.29 is 35.9 Å². The summed E-state index contributed by atoms with van der Waals surface area (Å²) in [6.45, 7) is -1.04. The first-order chi connectivity index (χ1) is 9.05. The number of nitrogens with zero attached hydrogens (tertiary/aromatic N) is 1. The molecule has 1 rings (SSSR count). The van der Waals surface area contributed by atoms with Gasteiger partial charge in [-0.3, -0.25) is 10.2 Å². The molecular formula is C8H7F6N3O2S. The number of alkyl halides is 6. The summed E-state index contributed by atoms with van der Waals surface area (Å²) < 4.78 is 76.8. The van der Waals surface area contributed by atoms with Gasteiger partial charge in [0.1, 0.15) is 0 Å². The number of amides is 1. The number of nitrogens with one attached hydrogen (secondary N) is 1. The molecule has 3 N–H and O–H groups in total. The van der Waals surface area contributed by atoms with Crippen molar-refractivity contribution in [2.45, 2.75) is 25.1 Å². The molecule has 20 heavy (non-hydrogen) atoms. The summed E-state index contributed by atoms with van der Waals surface area (Å²) in [5, 5.41) is 0.885. The van der Waals surface area contributed by atoms with Gasteiger partial charge in [-0.1, -0.05) is 0 Å². The third kappa shape index (κ3) is 4.31. The number of carbonyl (C=O) groups is 1. The zero-order chi connectivity index (χ0) is 15.6. The molecule has 0 bridgehead atoms. The van der Waals surface area contributed by atoms with E-state index in [1.807, 2.05) is 0 Å². The standard InChI is InChI=1S/C8H7F6N3O2S/c9-7(10,11)6(8(12,13)14)19-1-3-2-20-5(16-3)4(18)17-15/h2,6H,1,15H2,(H,17,18). The van der Waals surface area contributed by atoms with Crippen molar-refractivity contribution in [2.75, 3.05) is 0 Å². The first-order valence-corrected chi connectivity index (χ1v) is 5.64. The van der Waals surface area contributed by atoms with Gasteiger partial charge in [-0.05, 0) is 0 Å². The molecule has 5 nitrogen and oxygen atoms in total. The SMILES string of the molecule is NNC(=O)c1nc(COC(C(F)(F)F)C(F)(F)F)cs1.